The summed E-state index contributed by atoms with van der Waals surface area (Å²) in [5.41, 5.74) is 3.08. The van der Waals surface area contributed by atoms with E-state index in [0.29, 0.717) is 20.8 Å². The molecular formula is C23H21BrN2O5S. The van der Waals surface area contributed by atoms with Crippen molar-refractivity contribution in [2.45, 2.75) is 19.9 Å². The van der Waals surface area contributed by atoms with Gasteiger partial charge in [0, 0.05) is 11.8 Å². The molecule has 1 atom stereocenters. The van der Waals surface area contributed by atoms with Crippen LogP contribution in [-0.4, -0.2) is 29.3 Å². The lowest BCUT2D eigenvalue weighted by atomic mass is 9.95. The van der Waals surface area contributed by atoms with Crippen LogP contribution < -0.4 is 20.1 Å². The molecule has 0 saturated heterocycles. The Balaban J connectivity index is 1.91. The molecule has 0 aromatic heterocycles. The number of allylic oxidation sites excluding steroid dienone is 1. The summed E-state index contributed by atoms with van der Waals surface area (Å²) in [4.78, 5) is 24.2. The lowest BCUT2D eigenvalue weighted by Gasteiger charge is -2.29. The van der Waals surface area contributed by atoms with Crippen LogP contribution in [0.15, 0.2) is 58.2 Å². The molecule has 0 radical (unpaired) electrons. The van der Waals surface area contributed by atoms with Crippen molar-refractivity contribution in [3.8, 4) is 11.5 Å². The van der Waals surface area contributed by atoms with E-state index < -0.39 is 18.0 Å². The summed E-state index contributed by atoms with van der Waals surface area (Å²) in [6, 6.07) is 10.2. The summed E-state index contributed by atoms with van der Waals surface area (Å²) >= 11 is 8.59. The Hall–Kier alpha value is -3.17. The van der Waals surface area contributed by atoms with Crippen LogP contribution in [0.4, 0.5) is 0 Å². The van der Waals surface area contributed by atoms with E-state index in [2.05, 4.69) is 26.6 Å². The van der Waals surface area contributed by atoms with Gasteiger partial charge >= 0.3 is 11.9 Å². The minimum atomic E-state index is -1.08. The first kappa shape index (κ1) is 23.5. The topological polar surface area (TPSA) is 96.9 Å². The average Bonchev–Trinajstić information content (AvgIpc) is 2.73. The highest BCUT2D eigenvalue weighted by atomic mass is 79.9. The number of benzene rings is 2. The molecule has 0 fully saturated rings. The number of carbonyl (C=O) groups is 2. The Labute approximate surface area is 199 Å². The quantitative estimate of drug-likeness (QED) is 0.227. The molecule has 1 aliphatic heterocycles. The van der Waals surface area contributed by atoms with Gasteiger partial charge in [0.15, 0.2) is 16.6 Å². The van der Waals surface area contributed by atoms with Crippen LogP contribution in [-0.2, 0) is 9.59 Å². The van der Waals surface area contributed by atoms with Gasteiger partial charge in [-0.15, -0.1) is 0 Å². The van der Waals surface area contributed by atoms with E-state index in [1.807, 2.05) is 31.2 Å². The van der Waals surface area contributed by atoms with Gasteiger partial charge in [-0.05, 0) is 76.9 Å². The van der Waals surface area contributed by atoms with Gasteiger partial charge in [0.1, 0.15) is 0 Å². The van der Waals surface area contributed by atoms with Gasteiger partial charge < -0.3 is 25.2 Å². The summed E-state index contributed by atoms with van der Waals surface area (Å²) < 4.78 is 11.4. The number of carboxylic acids is 1. The lowest BCUT2D eigenvalue weighted by Crippen LogP contribution is -2.44. The van der Waals surface area contributed by atoms with Crippen molar-refractivity contribution in [2.75, 3.05) is 7.11 Å². The van der Waals surface area contributed by atoms with E-state index in [-0.39, 0.29) is 17.1 Å². The number of ether oxygens (including phenoxy) is 2. The highest BCUT2D eigenvalue weighted by Gasteiger charge is 2.31. The van der Waals surface area contributed by atoms with Crippen LogP contribution in [0.5, 0.6) is 11.5 Å². The zero-order valence-corrected chi connectivity index (χ0v) is 20.0. The molecule has 0 saturated carbocycles. The SMILES string of the molecule is COc1cc(C2NC(=S)NC(C)=C2C(=O)O)cc(Br)c1OC(=O)C=Cc1ccccc1C. The number of halogens is 1. The summed E-state index contributed by atoms with van der Waals surface area (Å²) in [7, 11) is 1.44. The summed E-state index contributed by atoms with van der Waals surface area (Å²) in [5, 5.41) is 15.8. The molecule has 2 aromatic rings. The Morgan fingerprint density at radius 3 is 2.59 bits per heavy atom. The van der Waals surface area contributed by atoms with Crippen molar-refractivity contribution in [3.05, 3.63) is 74.9 Å². The predicted octanol–water partition coefficient (Wildman–Crippen LogP) is 4.26. The molecule has 3 N–H and O–H groups in total. The second kappa shape index (κ2) is 9.97. The molecule has 0 aliphatic carbocycles. The summed E-state index contributed by atoms with van der Waals surface area (Å²) in [6.07, 6.45) is 3.02. The third kappa shape index (κ3) is 5.17. The van der Waals surface area contributed by atoms with E-state index in [9.17, 15) is 14.7 Å². The maximum absolute atomic E-state index is 12.4. The standard InChI is InChI=1S/C23H21BrN2O5S/c1-12-6-4-5-7-14(12)8-9-18(27)31-21-16(24)10-15(11-17(21)30-3)20-19(22(28)29)13(2)25-23(32)26-20/h4-11,20H,1-3H3,(H,28,29)(H2,25,26,32). The first-order valence-corrected chi connectivity index (χ1v) is 10.8. The number of aliphatic carboxylic acids is 1. The van der Waals surface area contributed by atoms with Gasteiger partial charge in [0.2, 0.25) is 0 Å². The number of hydrogen-bond donors (Lipinski definition) is 3. The Kier molecular flexibility index (Phi) is 7.32. The Morgan fingerprint density at radius 1 is 1.22 bits per heavy atom. The molecule has 3 rings (SSSR count). The molecule has 0 spiro atoms. The highest BCUT2D eigenvalue weighted by Crippen LogP contribution is 2.40. The average molecular weight is 517 g/mol. The van der Waals surface area contributed by atoms with Gasteiger partial charge in [0.05, 0.1) is 23.2 Å². The fourth-order valence-electron chi connectivity index (χ4n) is 3.30. The number of methoxy groups -OCH3 is 1. The largest absolute Gasteiger partial charge is 0.493 e. The Bertz CT molecular complexity index is 1160. The first-order valence-electron chi connectivity index (χ1n) is 9.55. The number of nitrogens with one attached hydrogen (secondary N) is 2. The van der Waals surface area contributed by atoms with Crippen molar-refractivity contribution in [3.63, 3.8) is 0 Å². The molecule has 32 heavy (non-hydrogen) atoms. The van der Waals surface area contributed by atoms with E-state index in [0.717, 1.165) is 11.1 Å². The van der Waals surface area contributed by atoms with Crippen LogP contribution in [0.1, 0.15) is 29.7 Å². The molecule has 0 amide bonds. The molecule has 9 heteroatoms. The molecule has 0 bridgehead atoms. The van der Waals surface area contributed by atoms with Crippen molar-refractivity contribution in [2.24, 2.45) is 0 Å². The number of carbonyl (C=O) groups excluding carboxylic acids is 1. The van der Waals surface area contributed by atoms with Gasteiger partial charge in [-0.2, -0.15) is 0 Å². The van der Waals surface area contributed by atoms with Crippen molar-refractivity contribution >= 4 is 51.3 Å². The third-order valence-corrected chi connectivity index (χ3v) is 5.68. The zero-order chi connectivity index (χ0) is 23.4. The summed E-state index contributed by atoms with van der Waals surface area (Å²) in [5.74, 6) is -1.21. The zero-order valence-electron chi connectivity index (χ0n) is 17.6. The van der Waals surface area contributed by atoms with Crippen molar-refractivity contribution < 1.29 is 24.2 Å². The van der Waals surface area contributed by atoms with Crippen LogP contribution in [0, 0.1) is 6.92 Å². The number of rotatable bonds is 6. The minimum Gasteiger partial charge on any atom is -0.493 e. The third-order valence-electron chi connectivity index (χ3n) is 4.87. The fraction of sp³-hybridized carbons (Fsp3) is 0.174. The van der Waals surface area contributed by atoms with Crippen molar-refractivity contribution in [1.29, 1.82) is 0 Å². The number of carboxylic acid groups (broad SMARTS) is 1. The predicted molar refractivity (Wildman–Crippen MR) is 128 cm³/mol. The molecule has 1 heterocycles. The minimum absolute atomic E-state index is 0.124. The van der Waals surface area contributed by atoms with Gasteiger partial charge in [-0.25, -0.2) is 9.59 Å². The monoisotopic (exact) mass is 516 g/mol. The molecule has 1 aliphatic rings. The number of thiocarbonyl (C=S) groups is 1. The van der Waals surface area contributed by atoms with E-state index in [4.69, 9.17) is 21.7 Å². The maximum Gasteiger partial charge on any atom is 0.336 e. The summed E-state index contributed by atoms with van der Waals surface area (Å²) in [6.45, 7) is 3.60. The normalized spacial score (nSPS) is 15.9. The van der Waals surface area contributed by atoms with Gasteiger partial charge in [-0.3, -0.25) is 0 Å². The Morgan fingerprint density at radius 2 is 1.94 bits per heavy atom. The number of aryl methyl sites for hydroxylation is 1. The van der Waals surface area contributed by atoms with Crippen LogP contribution in [0.2, 0.25) is 0 Å². The molecular weight excluding hydrogens is 496 g/mol. The van der Waals surface area contributed by atoms with Gasteiger partial charge in [0.25, 0.3) is 0 Å². The van der Waals surface area contributed by atoms with E-state index >= 15 is 0 Å². The smallest absolute Gasteiger partial charge is 0.336 e. The second-order valence-corrected chi connectivity index (χ2v) is 8.28. The molecule has 2 aromatic carbocycles. The first-order chi connectivity index (χ1) is 15.2. The fourth-order valence-corrected chi connectivity index (χ4v) is 4.11. The molecule has 166 valence electrons. The number of esters is 1. The maximum atomic E-state index is 12.4. The number of hydrogen-bond acceptors (Lipinski definition) is 5. The van der Waals surface area contributed by atoms with Crippen LogP contribution in [0.25, 0.3) is 6.08 Å². The van der Waals surface area contributed by atoms with Gasteiger partial charge in [-0.1, -0.05) is 24.3 Å². The van der Waals surface area contributed by atoms with Crippen LogP contribution >= 0.6 is 28.1 Å². The van der Waals surface area contributed by atoms with E-state index in [1.165, 1.54) is 13.2 Å². The van der Waals surface area contributed by atoms with E-state index in [1.54, 1.807) is 25.1 Å². The molecule has 7 nitrogen and oxygen atoms in total. The van der Waals surface area contributed by atoms with Crippen LogP contribution in [0.3, 0.4) is 0 Å². The lowest BCUT2D eigenvalue weighted by molar-refractivity contribution is -0.133. The second-order valence-electron chi connectivity index (χ2n) is 7.02. The molecule has 1 unspecified atom stereocenters. The highest BCUT2D eigenvalue weighted by molar-refractivity contribution is 9.10. The van der Waals surface area contributed by atoms with Crippen molar-refractivity contribution in [1.82, 2.24) is 10.6 Å².